The first-order valence-electron chi connectivity index (χ1n) is 4.40. The molecule has 0 aliphatic heterocycles. The Labute approximate surface area is 96.8 Å². The number of halogens is 1. The molecule has 1 rings (SSSR count). The Hall–Kier alpha value is -1.75. The molecule has 1 aromatic carbocycles. The Kier molecular flexibility index (Phi) is 3.73. The van der Waals surface area contributed by atoms with Crippen molar-refractivity contribution in [3.63, 3.8) is 0 Å². The molecule has 16 heavy (non-hydrogen) atoms. The molecule has 6 heteroatoms. The zero-order chi connectivity index (χ0) is 12.3. The fourth-order valence-corrected chi connectivity index (χ4v) is 1.11. The second-order valence-corrected chi connectivity index (χ2v) is 3.53. The summed E-state index contributed by atoms with van der Waals surface area (Å²) in [5.41, 5.74) is 5.96. The lowest BCUT2D eigenvalue weighted by Crippen LogP contribution is -2.23. The summed E-state index contributed by atoms with van der Waals surface area (Å²) >= 11 is 5.71. The highest BCUT2D eigenvalue weighted by molar-refractivity contribution is 6.33. The van der Waals surface area contributed by atoms with Gasteiger partial charge in [-0.1, -0.05) is 11.6 Å². The molecule has 86 valence electrons. The van der Waals surface area contributed by atoms with Crippen molar-refractivity contribution in [1.29, 1.82) is 0 Å². The topological polar surface area (TPSA) is 89.6 Å². The molecule has 0 aliphatic carbocycles. The van der Waals surface area contributed by atoms with Crippen molar-refractivity contribution in [3.05, 3.63) is 28.8 Å². The molecule has 0 fully saturated rings. The van der Waals surface area contributed by atoms with Gasteiger partial charge in [-0.3, -0.25) is 0 Å². The molecular formula is C10H10ClNO4. The first kappa shape index (κ1) is 12.3. The van der Waals surface area contributed by atoms with E-state index < -0.39 is 18.0 Å². The van der Waals surface area contributed by atoms with Crippen LogP contribution in [0.1, 0.15) is 17.3 Å². The fraction of sp³-hybridized carbons (Fsp3) is 0.200. The number of ether oxygens (including phenoxy) is 1. The summed E-state index contributed by atoms with van der Waals surface area (Å²) in [4.78, 5) is 21.9. The van der Waals surface area contributed by atoms with Crippen molar-refractivity contribution in [3.8, 4) is 0 Å². The number of nitrogen functional groups attached to an aromatic ring is 1. The molecule has 0 saturated carbocycles. The van der Waals surface area contributed by atoms with Gasteiger partial charge < -0.3 is 15.6 Å². The molecule has 0 saturated heterocycles. The van der Waals surface area contributed by atoms with Crippen molar-refractivity contribution in [2.24, 2.45) is 0 Å². The third-order valence-electron chi connectivity index (χ3n) is 1.87. The summed E-state index contributed by atoms with van der Waals surface area (Å²) in [6, 6.07) is 4.19. The molecule has 0 aliphatic rings. The van der Waals surface area contributed by atoms with Crippen molar-refractivity contribution in [2.45, 2.75) is 13.0 Å². The summed E-state index contributed by atoms with van der Waals surface area (Å²) < 4.78 is 4.65. The summed E-state index contributed by atoms with van der Waals surface area (Å²) in [6.07, 6.45) is -1.20. The molecule has 3 N–H and O–H groups in total. The van der Waals surface area contributed by atoms with Crippen LogP contribution in [-0.4, -0.2) is 23.1 Å². The normalized spacial score (nSPS) is 11.9. The van der Waals surface area contributed by atoms with Gasteiger partial charge in [0.25, 0.3) is 0 Å². The Morgan fingerprint density at radius 1 is 1.50 bits per heavy atom. The van der Waals surface area contributed by atoms with Gasteiger partial charge in [0.05, 0.1) is 16.3 Å². The van der Waals surface area contributed by atoms with Crippen LogP contribution in [0.3, 0.4) is 0 Å². The highest BCUT2D eigenvalue weighted by Gasteiger charge is 2.18. The second kappa shape index (κ2) is 4.85. The number of carbonyl (C=O) groups excluding carboxylic acids is 1. The Bertz CT molecular complexity index is 433. The van der Waals surface area contributed by atoms with Gasteiger partial charge >= 0.3 is 11.9 Å². The van der Waals surface area contributed by atoms with Crippen LogP contribution in [-0.2, 0) is 9.53 Å². The Morgan fingerprint density at radius 2 is 2.12 bits per heavy atom. The maximum Gasteiger partial charge on any atom is 0.344 e. The number of hydrogen-bond acceptors (Lipinski definition) is 4. The number of hydrogen-bond donors (Lipinski definition) is 2. The molecule has 1 unspecified atom stereocenters. The molecule has 1 atom stereocenters. The number of rotatable bonds is 3. The first-order valence-corrected chi connectivity index (χ1v) is 4.78. The van der Waals surface area contributed by atoms with Crippen LogP contribution in [0.15, 0.2) is 18.2 Å². The van der Waals surface area contributed by atoms with Gasteiger partial charge in [0, 0.05) is 0 Å². The summed E-state index contributed by atoms with van der Waals surface area (Å²) in [6.45, 7) is 1.26. The van der Waals surface area contributed by atoms with Crippen molar-refractivity contribution < 1.29 is 19.4 Å². The van der Waals surface area contributed by atoms with Crippen molar-refractivity contribution in [1.82, 2.24) is 0 Å². The lowest BCUT2D eigenvalue weighted by Gasteiger charge is -2.09. The predicted molar refractivity (Wildman–Crippen MR) is 58.4 cm³/mol. The average molecular weight is 244 g/mol. The molecule has 0 heterocycles. The molecule has 0 radical (unpaired) electrons. The Balaban J connectivity index is 2.81. The van der Waals surface area contributed by atoms with Gasteiger partial charge in [0.1, 0.15) is 0 Å². The monoisotopic (exact) mass is 243 g/mol. The minimum absolute atomic E-state index is 0.160. The number of carboxylic acids is 1. The number of aliphatic carboxylic acids is 1. The maximum absolute atomic E-state index is 11.4. The molecule has 1 aromatic rings. The standard InChI is InChI=1S/C10H10ClNO4/c1-5(9(13)14)16-10(15)6-2-3-8(12)7(11)4-6/h2-5H,12H2,1H3,(H,13,14). The molecule has 0 aromatic heterocycles. The van der Waals surface area contributed by atoms with Gasteiger partial charge in [-0.2, -0.15) is 0 Å². The van der Waals surface area contributed by atoms with E-state index in [9.17, 15) is 9.59 Å². The minimum Gasteiger partial charge on any atom is -0.479 e. The maximum atomic E-state index is 11.4. The van der Waals surface area contributed by atoms with E-state index in [-0.39, 0.29) is 10.6 Å². The van der Waals surface area contributed by atoms with E-state index >= 15 is 0 Å². The van der Waals surface area contributed by atoms with E-state index in [0.29, 0.717) is 5.69 Å². The van der Waals surface area contributed by atoms with Crippen LogP contribution in [0.25, 0.3) is 0 Å². The first-order chi connectivity index (χ1) is 7.41. The van der Waals surface area contributed by atoms with Gasteiger partial charge in [0.15, 0.2) is 6.10 Å². The van der Waals surface area contributed by atoms with Crippen LogP contribution in [0.2, 0.25) is 5.02 Å². The van der Waals surface area contributed by atoms with Gasteiger partial charge in [-0.25, -0.2) is 9.59 Å². The molecule has 0 spiro atoms. The predicted octanol–water partition coefficient (Wildman–Crippen LogP) is 1.55. The largest absolute Gasteiger partial charge is 0.479 e. The third-order valence-corrected chi connectivity index (χ3v) is 2.20. The molecule has 5 nitrogen and oxygen atoms in total. The van der Waals surface area contributed by atoms with Crippen LogP contribution >= 0.6 is 11.6 Å². The molecular weight excluding hydrogens is 234 g/mol. The highest BCUT2D eigenvalue weighted by Crippen LogP contribution is 2.20. The number of carboxylic acid groups (broad SMARTS) is 1. The molecule has 0 amide bonds. The van der Waals surface area contributed by atoms with E-state index in [4.69, 9.17) is 22.4 Å². The second-order valence-electron chi connectivity index (χ2n) is 3.12. The van der Waals surface area contributed by atoms with Gasteiger partial charge in [0.2, 0.25) is 0 Å². The zero-order valence-corrected chi connectivity index (χ0v) is 9.19. The van der Waals surface area contributed by atoms with Crippen LogP contribution < -0.4 is 5.73 Å². The van der Waals surface area contributed by atoms with E-state index in [2.05, 4.69) is 4.74 Å². The van der Waals surface area contributed by atoms with E-state index in [1.807, 2.05) is 0 Å². The smallest absolute Gasteiger partial charge is 0.344 e. The summed E-state index contributed by atoms with van der Waals surface area (Å²) in [5, 5.41) is 8.77. The third kappa shape index (κ3) is 2.87. The van der Waals surface area contributed by atoms with Crippen LogP contribution in [0, 0.1) is 0 Å². The number of anilines is 1. The SMILES string of the molecule is CC(OC(=O)c1ccc(N)c(Cl)c1)C(=O)O. The zero-order valence-electron chi connectivity index (χ0n) is 8.44. The Morgan fingerprint density at radius 3 is 2.62 bits per heavy atom. The summed E-state index contributed by atoms with van der Waals surface area (Å²) in [7, 11) is 0. The van der Waals surface area contributed by atoms with Crippen LogP contribution in [0.4, 0.5) is 5.69 Å². The van der Waals surface area contributed by atoms with Gasteiger partial charge in [-0.05, 0) is 25.1 Å². The number of nitrogens with two attached hydrogens (primary N) is 1. The number of esters is 1. The van der Waals surface area contributed by atoms with Crippen molar-refractivity contribution >= 4 is 29.2 Å². The lowest BCUT2D eigenvalue weighted by atomic mass is 10.2. The number of carbonyl (C=O) groups is 2. The van der Waals surface area contributed by atoms with Gasteiger partial charge in [-0.15, -0.1) is 0 Å². The highest BCUT2D eigenvalue weighted by atomic mass is 35.5. The van der Waals surface area contributed by atoms with E-state index in [0.717, 1.165) is 0 Å². The quantitative estimate of drug-likeness (QED) is 0.621. The van der Waals surface area contributed by atoms with Crippen molar-refractivity contribution in [2.75, 3.05) is 5.73 Å². The van der Waals surface area contributed by atoms with E-state index in [1.54, 1.807) is 0 Å². The lowest BCUT2D eigenvalue weighted by molar-refractivity contribution is -0.146. The van der Waals surface area contributed by atoms with E-state index in [1.165, 1.54) is 25.1 Å². The minimum atomic E-state index is -1.21. The number of benzene rings is 1. The molecule has 0 bridgehead atoms. The average Bonchev–Trinajstić information content (AvgIpc) is 2.21. The fourth-order valence-electron chi connectivity index (χ4n) is 0.933. The summed E-state index contributed by atoms with van der Waals surface area (Å²) in [5.74, 6) is -1.97. The van der Waals surface area contributed by atoms with Crippen LogP contribution in [0.5, 0.6) is 0 Å².